The van der Waals surface area contributed by atoms with E-state index in [0.29, 0.717) is 5.56 Å². The zero-order chi connectivity index (χ0) is 26.8. The third-order valence-electron chi connectivity index (χ3n) is 4.60. The van der Waals surface area contributed by atoms with Gasteiger partial charge in [0, 0.05) is 12.6 Å². The molecule has 0 spiro atoms. The van der Waals surface area contributed by atoms with Crippen molar-refractivity contribution in [3.63, 3.8) is 0 Å². The molecule has 3 heterocycles. The smallest absolute Gasteiger partial charge is 0.411 e. The lowest BCUT2D eigenvalue weighted by molar-refractivity contribution is 0.203. The highest BCUT2D eigenvalue weighted by atomic mass is 32.3. The standard InChI is InChI=1S/C19H16F2N8O2.H2O4S/c1-28(19(30)31)14-15(22)25-17(26-16(14)23)13-11-6-10(20)7-24-18(11)29(27-13)8-9-4-2-3-5-12(9)21;1-5(2,3)4/h2-7H,8H2,1H3,(H,30,31)(H4,22,23,25,26);(H2,1,2,3,4). The highest BCUT2D eigenvalue weighted by molar-refractivity contribution is 7.79. The zero-order valence-corrected chi connectivity index (χ0v) is 19.1. The van der Waals surface area contributed by atoms with Crippen molar-refractivity contribution >= 4 is 44.8 Å². The number of halogens is 2. The second-order valence-corrected chi connectivity index (χ2v) is 7.97. The van der Waals surface area contributed by atoms with Crippen molar-refractivity contribution in [1.29, 1.82) is 0 Å². The first kappa shape index (κ1) is 26.1. The molecule has 1 amide bonds. The summed E-state index contributed by atoms with van der Waals surface area (Å²) in [6.07, 6.45) is -0.291. The van der Waals surface area contributed by atoms with E-state index >= 15 is 0 Å². The Morgan fingerprint density at radius 1 is 1.14 bits per heavy atom. The highest BCUT2D eigenvalue weighted by Gasteiger charge is 2.23. The quantitative estimate of drug-likeness (QED) is 0.241. The van der Waals surface area contributed by atoms with E-state index < -0.39 is 28.1 Å². The Balaban J connectivity index is 0.000000658. The molecule has 190 valence electrons. The maximum Gasteiger partial charge on any atom is 0.411 e. The number of pyridine rings is 1. The topological polar surface area (TPSA) is 224 Å². The number of fused-ring (bicyclic) bond motifs is 1. The lowest BCUT2D eigenvalue weighted by Crippen LogP contribution is -2.26. The highest BCUT2D eigenvalue weighted by Crippen LogP contribution is 2.32. The van der Waals surface area contributed by atoms with Gasteiger partial charge in [-0.2, -0.15) is 13.5 Å². The summed E-state index contributed by atoms with van der Waals surface area (Å²) in [4.78, 5) is 24.3. The molecule has 36 heavy (non-hydrogen) atoms. The number of hydrogen-bond donors (Lipinski definition) is 5. The molecule has 14 nitrogen and oxygen atoms in total. The first-order chi connectivity index (χ1) is 16.8. The zero-order valence-electron chi connectivity index (χ0n) is 18.2. The van der Waals surface area contributed by atoms with E-state index in [-0.39, 0.29) is 46.4 Å². The predicted octanol–water partition coefficient (Wildman–Crippen LogP) is 1.84. The number of hydrogen-bond acceptors (Lipinski definition) is 9. The first-order valence-electron chi connectivity index (χ1n) is 9.61. The van der Waals surface area contributed by atoms with Crippen molar-refractivity contribution in [1.82, 2.24) is 24.7 Å². The largest absolute Gasteiger partial charge is 0.465 e. The summed E-state index contributed by atoms with van der Waals surface area (Å²) >= 11 is 0. The van der Waals surface area contributed by atoms with E-state index in [0.717, 1.165) is 11.1 Å². The van der Waals surface area contributed by atoms with Gasteiger partial charge in [-0.1, -0.05) is 18.2 Å². The summed E-state index contributed by atoms with van der Waals surface area (Å²) < 4.78 is 61.0. The number of nitrogen functional groups attached to an aromatic ring is 2. The molecule has 0 bridgehead atoms. The Hall–Kier alpha value is -4.48. The van der Waals surface area contributed by atoms with Gasteiger partial charge in [0.05, 0.1) is 18.1 Å². The molecule has 4 aromatic rings. The van der Waals surface area contributed by atoms with E-state index in [4.69, 9.17) is 29.0 Å². The Labute approximate surface area is 201 Å². The minimum absolute atomic E-state index is 0.0204. The average molecular weight is 524 g/mol. The number of benzene rings is 1. The number of anilines is 3. The van der Waals surface area contributed by atoms with Crippen LogP contribution in [0.3, 0.4) is 0 Å². The van der Waals surface area contributed by atoms with Crippen molar-refractivity contribution in [2.24, 2.45) is 0 Å². The molecular weight excluding hydrogens is 506 g/mol. The molecule has 0 unspecified atom stereocenters. The molecule has 1 aromatic carbocycles. The van der Waals surface area contributed by atoms with Gasteiger partial charge in [0.2, 0.25) is 0 Å². The van der Waals surface area contributed by atoms with Gasteiger partial charge in [0.15, 0.2) is 23.1 Å². The molecule has 0 aliphatic rings. The maximum absolute atomic E-state index is 14.1. The third kappa shape index (κ3) is 5.95. The normalized spacial score (nSPS) is 11.1. The van der Waals surface area contributed by atoms with E-state index in [2.05, 4.69) is 20.1 Å². The van der Waals surface area contributed by atoms with Crippen molar-refractivity contribution < 1.29 is 36.2 Å². The van der Waals surface area contributed by atoms with Crippen molar-refractivity contribution in [3.05, 3.63) is 53.7 Å². The number of amides is 1. The van der Waals surface area contributed by atoms with Gasteiger partial charge >= 0.3 is 16.5 Å². The van der Waals surface area contributed by atoms with Gasteiger partial charge in [-0.25, -0.2) is 33.2 Å². The lowest BCUT2D eigenvalue weighted by Gasteiger charge is -2.16. The molecule has 0 atom stereocenters. The summed E-state index contributed by atoms with van der Waals surface area (Å²) in [5.74, 6) is -1.51. The average Bonchev–Trinajstić information content (AvgIpc) is 3.11. The van der Waals surface area contributed by atoms with Crippen LogP contribution in [0.15, 0.2) is 36.5 Å². The molecular formula is C19H18F2N8O6S. The van der Waals surface area contributed by atoms with Crippen molar-refractivity contribution in [2.75, 3.05) is 23.4 Å². The van der Waals surface area contributed by atoms with Crippen LogP contribution in [0.1, 0.15) is 5.56 Å². The first-order valence-corrected chi connectivity index (χ1v) is 11.0. The Kier molecular flexibility index (Phi) is 7.27. The summed E-state index contributed by atoms with van der Waals surface area (Å²) in [6, 6.07) is 7.34. The number of carboxylic acid groups (broad SMARTS) is 1. The molecule has 0 aliphatic carbocycles. The SMILES string of the molecule is CN(C(=O)O)c1c(N)nc(-c2nn(Cc3ccccc3F)c3ncc(F)cc23)nc1N.O=S(=O)(O)O. The van der Waals surface area contributed by atoms with Crippen LogP contribution in [0.5, 0.6) is 0 Å². The number of rotatable bonds is 4. The Morgan fingerprint density at radius 3 is 2.28 bits per heavy atom. The van der Waals surface area contributed by atoms with E-state index in [1.165, 1.54) is 23.9 Å². The molecule has 0 saturated carbocycles. The molecule has 0 aliphatic heterocycles. The summed E-state index contributed by atoms with van der Waals surface area (Å²) in [5, 5.41) is 13.8. The van der Waals surface area contributed by atoms with Crippen molar-refractivity contribution in [3.8, 4) is 11.5 Å². The Morgan fingerprint density at radius 2 is 1.72 bits per heavy atom. The van der Waals surface area contributed by atoms with Gasteiger partial charge in [0.1, 0.15) is 23.0 Å². The van der Waals surface area contributed by atoms with Crippen LogP contribution in [-0.4, -0.2) is 60.5 Å². The molecule has 0 saturated heterocycles. The molecule has 7 N–H and O–H groups in total. The van der Waals surface area contributed by atoms with Gasteiger partial charge in [-0.15, -0.1) is 0 Å². The van der Waals surface area contributed by atoms with Crippen LogP contribution in [0.2, 0.25) is 0 Å². The van der Waals surface area contributed by atoms with Gasteiger partial charge in [-0.3, -0.25) is 14.0 Å². The van der Waals surface area contributed by atoms with Crippen LogP contribution in [0.25, 0.3) is 22.6 Å². The van der Waals surface area contributed by atoms with Gasteiger partial charge in [0.25, 0.3) is 0 Å². The number of nitrogens with two attached hydrogens (primary N) is 2. The lowest BCUT2D eigenvalue weighted by atomic mass is 10.2. The van der Waals surface area contributed by atoms with E-state index in [9.17, 15) is 18.7 Å². The van der Waals surface area contributed by atoms with Crippen LogP contribution in [-0.2, 0) is 16.9 Å². The minimum Gasteiger partial charge on any atom is -0.465 e. The van der Waals surface area contributed by atoms with Crippen molar-refractivity contribution in [2.45, 2.75) is 6.54 Å². The molecule has 17 heteroatoms. The predicted molar refractivity (Wildman–Crippen MR) is 123 cm³/mol. The van der Waals surface area contributed by atoms with Crippen LogP contribution >= 0.6 is 0 Å². The number of nitrogens with zero attached hydrogens (tertiary/aromatic N) is 6. The molecule has 3 aromatic heterocycles. The Bertz CT molecular complexity index is 1530. The fourth-order valence-corrected chi connectivity index (χ4v) is 3.13. The van der Waals surface area contributed by atoms with Crippen LogP contribution in [0, 0.1) is 11.6 Å². The summed E-state index contributed by atoms with van der Waals surface area (Å²) in [6.45, 7) is 0.0204. The van der Waals surface area contributed by atoms with E-state index in [1.54, 1.807) is 18.2 Å². The second-order valence-electron chi connectivity index (χ2n) is 7.08. The third-order valence-corrected chi connectivity index (χ3v) is 4.60. The number of aromatic nitrogens is 5. The van der Waals surface area contributed by atoms with E-state index in [1.807, 2.05) is 0 Å². The monoisotopic (exact) mass is 524 g/mol. The fourth-order valence-electron chi connectivity index (χ4n) is 3.13. The maximum atomic E-state index is 14.1. The second kappa shape index (κ2) is 10.0. The summed E-state index contributed by atoms with van der Waals surface area (Å²) in [7, 11) is -3.43. The van der Waals surface area contributed by atoms with Crippen LogP contribution in [0.4, 0.5) is 30.9 Å². The molecule has 0 radical (unpaired) electrons. The molecule has 4 rings (SSSR count). The minimum atomic E-state index is -4.67. The van der Waals surface area contributed by atoms with Crippen LogP contribution < -0.4 is 16.4 Å². The van der Waals surface area contributed by atoms with Gasteiger partial charge < -0.3 is 16.6 Å². The number of carbonyl (C=O) groups is 1. The molecule has 0 fully saturated rings. The summed E-state index contributed by atoms with van der Waals surface area (Å²) in [5.41, 5.74) is 12.5. The van der Waals surface area contributed by atoms with Gasteiger partial charge in [-0.05, 0) is 12.1 Å². The fraction of sp³-hybridized carbons (Fsp3) is 0.105.